The molecule has 2 heterocycles. The smallest absolute Gasteiger partial charge is 0.191 e. The Labute approximate surface area is 115 Å². The zero-order valence-electron chi connectivity index (χ0n) is 10.3. The maximum Gasteiger partial charge on any atom is 0.191 e. The Kier molecular flexibility index (Phi) is 3.32. The van der Waals surface area contributed by atoms with Gasteiger partial charge in [0.05, 0.1) is 29.4 Å². The predicted molar refractivity (Wildman–Crippen MR) is 70.5 cm³/mol. The molecule has 3 rings (SSSR count). The number of sulfone groups is 1. The van der Waals surface area contributed by atoms with Crippen LogP contribution in [-0.2, 0) is 16.4 Å². The molecule has 0 amide bonds. The van der Waals surface area contributed by atoms with Crippen LogP contribution in [0.15, 0.2) is 5.16 Å². The minimum Gasteiger partial charge on any atom is -0.391 e. The van der Waals surface area contributed by atoms with E-state index >= 15 is 0 Å². The second-order valence-electron chi connectivity index (χ2n) is 5.00. The molecular formula is C10H16N4O3S2. The lowest BCUT2D eigenvalue weighted by molar-refractivity contribution is 0.207. The van der Waals surface area contributed by atoms with Gasteiger partial charge >= 0.3 is 0 Å². The first kappa shape index (κ1) is 13.3. The van der Waals surface area contributed by atoms with Crippen molar-refractivity contribution in [3.8, 4) is 0 Å². The summed E-state index contributed by atoms with van der Waals surface area (Å²) < 4.78 is 25.0. The lowest BCUT2D eigenvalue weighted by Crippen LogP contribution is -2.21. The van der Waals surface area contributed by atoms with E-state index in [1.54, 1.807) is 0 Å². The number of nitrogens with two attached hydrogens (primary N) is 1. The summed E-state index contributed by atoms with van der Waals surface area (Å²) in [4.78, 5) is 0. The van der Waals surface area contributed by atoms with Crippen LogP contribution in [0.25, 0.3) is 0 Å². The summed E-state index contributed by atoms with van der Waals surface area (Å²) in [6.45, 7) is 0.315. The van der Waals surface area contributed by atoms with Gasteiger partial charge < -0.3 is 15.4 Å². The van der Waals surface area contributed by atoms with Gasteiger partial charge in [0.15, 0.2) is 15.0 Å². The van der Waals surface area contributed by atoms with Crippen LogP contribution < -0.4 is 5.73 Å². The molecule has 19 heavy (non-hydrogen) atoms. The van der Waals surface area contributed by atoms with Crippen molar-refractivity contribution >= 4 is 21.6 Å². The second-order valence-corrected chi connectivity index (χ2v) is 8.36. The summed E-state index contributed by atoms with van der Waals surface area (Å²) in [5.74, 6) is 0.556. The van der Waals surface area contributed by atoms with Crippen molar-refractivity contribution in [2.75, 3.05) is 11.5 Å². The number of hydrogen-bond acceptors (Lipinski definition) is 7. The third kappa shape index (κ3) is 2.64. The number of hydrogen-bond donors (Lipinski definition) is 2. The molecular weight excluding hydrogens is 288 g/mol. The zero-order valence-corrected chi connectivity index (χ0v) is 11.9. The third-order valence-corrected chi connectivity index (χ3v) is 6.56. The Morgan fingerprint density at radius 2 is 2.11 bits per heavy atom. The Morgan fingerprint density at radius 1 is 1.37 bits per heavy atom. The van der Waals surface area contributed by atoms with Crippen molar-refractivity contribution in [2.45, 2.75) is 41.9 Å². The van der Waals surface area contributed by atoms with Crippen LogP contribution in [0.4, 0.5) is 0 Å². The van der Waals surface area contributed by atoms with Crippen LogP contribution in [0.1, 0.15) is 24.7 Å². The maximum atomic E-state index is 11.5. The van der Waals surface area contributed by atoms with Crippen LogP contribution in [0, 0.1) is 0 Å². The average molecular weight is 304 g/mol. The number of aliphatic hydroxyl groups is 1. The Hall–Kier alpha value is -0.640. The lowest BCUT2D eigenvalue weighted by atomic mass is 10.3. The molecule has 2 aliphatic rings. The molecule has 0 bridgehead atoms. The van der Waals surface area contributed by atoms with Crippen LogP contribution in [-0.4, -0.2) is 51.1 Å². The quantitative estimate of drug-likeness (QED) is 0.758. The van der Waals surface area contributed by atoms with Crippen LogP contribution >= 0.6 is 11.8 Å². The summed E-state index contributed by atoms with van der Waals surface area (Å²) in [7, 11) is -3.13. The van der Waals surface area contributed by atoms with Gasteiger partial charge in [0, 0.05) is 6.04 Å². The van der Waals surface area contributed by atoms with E-state index in [-0.39, 0.29) is 16.8 Å². The largest absolute Gasteiger partial charge is 0.391 e. The van der Waals surface area contributed by atoms with Gasteiger partial charge in [-0.1, -0.05) is 11.8 Å². The first-order valence-corrected chi connectivity index (χ1v) is 8.89. The average Bonchev–Trinajstić information content (AvgIpc) is 3.03. The zero-order chi connectivity index (χ0) is 13.6. The van der Waals surface area contributed by atoms with E-state index in [0.29, 0.717) is 17.7 Å². The molecule has 0 radical (unpaired) electrons. The molecule has 2 fully saturated rings. The van der Waals surface area contributed by atoms with E-state index in [2.05, 4.69) is 10.2 Å². The van der Waals surface area contributed by atoms with Gasteiger partial charge in [0.25, 0.3) is 0 Å². The summed E-state index contributed by atoms with van der Waals surface area (Å²) in [5.41, 5.74) is 5.63. The van der Waals surface area contributed by atoms with Gasteiger partial charge in [0.2, 0.25) is 0 Å². The number of aliphatic hydroxyl groups excluding tert-OH is 1. The monoisotopic (exact) mass is 304 g/mol. The third-order valence-electron chi connectivity index (χ3n) is 3.36. The summed E-state index contributed by atoms with van der Waals surface area (Å²) in [6, 6.07) is 0.381. The standard InChI is InChI=1S/C10H16N4O3S2/c11-3-9-12-13-10(14(9)6-1-2-6)18-8-5-19(16,17)4-7(8)15/h6-8,15H,1-5,11H2. The van der Waals surface area contributed by atoms with E-state index in [1.807, 2.05) is 4.57 Å². The van der Waals surface area contributed by atoms with Crippen LogP contribution in [0.2, 0.25) is 0 Å². The number of thioether (sulfide) groups is 1. The fraction of sp³-hybridized carbons (Fsp3) is 0.800. The second kappa shape index (κ2) is 4.72. The molecule has 2 unspecified atom stereocenters. The van der Waals surface area contributed by atoms with Gasteiger partial charge in [-0.25, -0.2) is 8.42 Å². The predicted octanol–water partition coefficient (Wildman–Crippen LogP) is -0.678. The Bertz CT molecular complexity index is 582. The van der Waals surface area contributed by atoms with Crippen molar-refractivity contribution in [3.05, 3.63) is 5.82 Å². The normalized spacial score (nSPS) is 29.8. The summed E-state index contributed by atoms with van der Waals surface area (Å²) >= 11 is 1.30. The van der Waals surface area contributed by atoms with Crippen molar-refractivity contribution in [1.82, 2.24) is 14.8 Å². The Morgan fingerprint density at radius 3 is 2.63 bits per heavy atom. The fourth-order valence-corrected chi connectivity index (χ4v) is 5.88. The van der Waals surface area contributed by atoms with Crippen molar-refractivity contribution < 1.29 is 13.5 Å². The highest BCUT2D eigenvalue weighted by molar-refractivity contribution is 8.01. The SMILES string of the molecule is NCc1nnc(SC2CS(=O)(=O)CC2O)n1C1CC1. The number of aromatic nitrogens is 3. The van der Waals surface area contributed by atoms with Crippen LogP contribution in [0.5, 0.6) is 0 Å². The molecule has 106 valence electrons. The Balaban J connectivity index is 1.82. The van der Waals surface area contributed by atoms with E-state index in [1.165, 1.54) is 11.8 Å². The molecule has 1 aliphatic heterocycles. The first-order chi connectivity index (χ1) is 9.00. The van der Waals surface area contributed by atoms with E-state index in [9.17, 15) is 13.5 Å². The number of nitrogens with zero attached hydrogens (tertiary/aromatic N) is 3. The van der Waals surface area contributed by atoms with Crippen molar-refractivity contribution in [1.29, 1.82) is 0 Å². The summed E-state index contributed by atoms with van der Waals surface area (Å²) in [6.07, 6.45) is 1.31. The highest BCUT2D eigenvalue weighted by Gasteiger charge is 2.39. The van der Waals surface area contributed by atoms with Gasteiger partial charge in [-0.2, -0.15) is 0 Å². The molecule has 7 nitrogen and oxygen atoms in total. The molecule has 0 spiro atoms. The van der Waals surface area contributed by atoms with E-state index < -0.39 is 15.9 Å². The minimum absolute atomic E-state index is 0.00564. The van der Waals surface area contributed by atoms with Gasteiger partial charge in [-0.05, 0) is 12.8 Å². The molecule has 1 saturated heterocycles. The van der Waals surface area contributed by atoms with Gasteiger partial charge in [-0.15, -0.1) is 10.2 Å². The highest BCUT2D eigenvalue weighted by Crippen LogP contribution is 2.40. The van der Waals surface area contributed by atoms with Crippen LogP contribution in [0.3, 0.4) is 0 Å². The van der Waals surface area contributed by atoms with Gasteiger partial charge in [0.1, 0.15) is 5.82 Å². The fourth-order valence-electron chi connectivity index (χ4n) is 2.27. The van der Waals surface area contributed by atoms with Gasteiger partial charge in [-0.3, -0.25) is 0 Å². The maximum absolute atomic E-state index is 11.5. The van der Waals surface area contributed by atoms with E-state index in [0.717, 1.165) is 18.7 Å². The molecule has 1 aromatic rings. The number of rotatable bonds is 4. The molecule has 1 saturated carbocycles. The minimum atomic E-state index is -3.13. The molecule has 0 aromatic carbocycles. The highest BCUT2D eigenvalue weighted by atomic mass is 32.2. The van der Waals surface area contributed by atoms with Crippen molar-refractivity contribution in [2.24, 2.45) is 5.73 Å². The molecule has 2 atom stereocenters. The van der Waals surface area contributed by atoms with E-state index in [4.69, 9.17) is 5.73 Å². The molecule has 1 aliphatic carbocycles. The summed E-state index contributed by atoms with van der Waals surface area (Å²) in [5, 5.41) is 18.2. The molecule has 9 heteroatoms. The molecule has 3 N–H and O–H groups in total. The topological polar surface area (TPSA) is 111 Å². The lowest BCUT2D eigenvalue weighted by Gasteiger charge is -2.13. The first-order valence-electron chi connectivity index (χ1n) is 6.19. The van der Waals surface area contributed by atoms with Crippen molar-refractivity contribution in [3.63, 3.8) is 0 Å². The molecule has 1 aromatic heterocycles.